The smallest absolute Gasteiger partial charge is 0.262 e. The highest BCUT2D eigenvalue weighted by molar-refractivity contribution is 7.13. The lowest BCUT2D eigenvalue weighted by Crippen LogP contribution is -2.13. The second-order valence-electron chi connectivity index (χ2n) is 6.67. The second-order valence-corrected chi connectivity index (χ2v) is 8.43. The summed E-state index contributed by atoms with van der Waals surface area (Å²) in [5.74, 6) is -0.136. The third kappa shape index (κ3) is 3.81. The van der Waals surface area contributed by atoms with Gasteiger partial charge in [-0.25, -0.2) is 9.50 Å². The average Bonchev–Trinajstić information content (AvgIpc) is 3.50. The van der Waals surface area contributed by atoms with E-state index in [4.69, 9.17) is 23.2 Å². The number of hydrogen-bond donors (Lipinski definition) is 1. The number of halogens is 2. The Labute approximate surface area is 190 Å². The maximum absolute atomic E-state index is 12.9. The number of nitrogens with one attached hydrogen (secondary N) is 1. The van der Waals surface area contributed by atoms with E-state index in [-0.39, 0.29) is 5.82 Å². The van der Waals surface area contributed by atoms with Crippen LogP contribution in [0.5, 0.6) is 0 Å². The van der Waals surface area contributed by atoms with Gasteiger partial charge >= 0.3 is 0 Å². The molecule has 154 valence electrons. The molecule has 0 fully saturated rings. The van der Waals surface area contributed by atoms with Crippen molar-refractivity contribution in [3.8, 4) is 10.6 Å². The zero-order valence-corrected chi connectivity index (χ0v) is 18.2. The lowest BCUT2D eigenvalue weighted by Gasteiger charge is -2.04. The molecule has 0 atom stereocenters. The van der Waals surface area contributed by atoms with Crippen molar-refractivity contribution < 1.29 is 4.79 Å². The minimum absolute atomic E-state index is 0.257. The van der Waals surface area contributed by atoms with Gasteiger partial charge in [-0.3, -0.25) is 9.48 Å². The number of carbonyl (C=O) groups excluding carboxylic acids is 1. The van der Waals surface area contributed by atoms with Crippen molar-refractivity contribution in [1.82, 2.24) is 24.4 Å². The molecule has 1 N–H and O–H groups in total. The van der Waals surface area contributed by atoms with Crippen LogP contribution in [0.25, 0.3) is 16.2 Å². The lowest BCUT2D eigenvalue weighted by atomic mass is 10.2. The van der Waals surface area contributed by atoms with Crippen LogP contribution in [0.15, 0.2) is 66.4 Å². The Morgan fingerprint density at radius 2 is 1.97 bits per heavy atom. The summed E-state index contributed by atoms with van der Waals surface area (Å²) in [6.07, 6.45) is 4.79. The maximum atomic E-state index is 12.9. The van der Waals surface area contributed by atoms with Gasteiger partial charge in [0.15, 0.2) is 11.5 Å². The first-order valence-electron chi connectivity index (χ1n) is 9.24. The fourth-order valence-electron chi connectivity index (χ4n) is 3.20. The number of anilines is 1. The largest absolute Gasteiger partial charge is 0.304 e. The average molecular weight is 469 g/mol. The molecule has 4 aromatic heterocycles. The first kappa shape index (κ1) is 19.7. The molecular formula is C21H14Cl2N6OS. The van der Waals surface area contributed by atoms with Crippen LogP contribution in [-0.4, -0.2) is 30.3 Å². The zero-order chi connectivity index (χ0) is 21.4. The van der Waals surface area contributed by atoms with Crippen molar-refractivity contribution in [2.75, 3.05) is 5.32 Å². The predicted octanol–water partition coefficient (Wildman–Crippen LogP) is 5.26. The lowest BCUT2D eigenvalue weighted by molar-refractivity contribution is 0.102. The summed E-state index contributed by atoms with van der Waals surface area (Å²) in [6, 6.07) is 13.3. The molecule has 7 nitrogen and oxygen atoms in total. The standard InChI is InChI=1S/C21H14Cl2N6OS/c22-15-5-2-1-4-13(15)11-28-12-16(23)19(27-28)26-21(30)14-10-25-29-17(7-8-24-20(14)29)18-6-3-9-31-18/h1-10,12H,11H2,(H,26,27,30). The summed E-state index contributed by atoms with van der Waals surface area (Å²) in [4.78, 5) is 18.3. The minimum atomic E-state index is -0.393. The molecule has 0 aliphatic rings. The molecule has 0 saturated heterocycles. The number of nitrogens with zero attached hydrogens (tertiary/aromatic N) is 5. The van der Waals surface area contributed by atoms with E-state index in [1.807, 2.05) is 47.8 Å². The minimum Gasteiger partial charge on any atom is -0.304 e. The van der Waals surface area contributed by atoms with Gasteiger partial charge < -0.3 is 5.32 Å². The third-order valence-corrected chi connectivity index (χ3v) is 6.20. The number of hydrogen-bond acceptors (Lipinski definition) is 5. The molecular weight excluding hydrogens is 455 g/mol. The molecule has 0 radical (unpaired) electrons. The Kier molecular flexibility index (Phi) is 5.19. The predicted molar refractivity (Wildman–Crippen MR) is 122 cm³/mol. The van der Waals surface area contributed by atoms with Gasteiger partial charge in [0.2, 0.25) is 0 Å². The Morgan fingerprint density at radius 1 is 1.10 bits per heavy atom. The normalized spacial score (nSPS) is 11.2. The first-order valence-corrected chi connectivity index (χ1v) is 10.9. The van der Waals surface area contributed by atoms with E-state index in [1.54, 1.807) is 32.9 Å². The monoisotopic (exact) mass is 468 g/mol. The molecule has 0 spiro atoms. The van der Waals surface area contributed by atoms with Crippen molar-refractivity contribution in [2.45, 2.75) is 6.54 Å². The van der Waals surface area contributed by atoms with Crippen LogP contribution in [0.2, 0.25) is 10.0 Å². The van der Waals surface area contributed by atoms with E-state index in [0.717, 1.165) is 16.1 Å². The van der Waals surface area contributed by atoms with Gasteiger partial charge in [-0.1, -0.05) is 47.5 Å². The Balaban J connectivity index is 1.41. The zero-order valence-electron chi connectivity index (χ0n) is 15.9. The Bertz CT molecular complexity index is 1390. The van der Waals surface area contributed by atoms with Crippen LogP contribution in [0.3, 0.4) is 0 Å². The van der Waals surface area contributed by atoms with Crippen LogP contribution >= 0.6 is 34.5 Å². The van der Waals surface area contributed by atoms with E-state index in [2.05, 4.69) is 20.5 Å². The topological polar surface area (TPSA) is 77.1 Å². The molecule has 31 heavy (non-hydrogen) atoms. The molecule has 0 aliphatic heterocycles. The summed E-state index contributed by atoms with van der Waals surface area (Å²) in [5.41, 5.74) is 2.54. The number of fused-ring (bicyclic) bond motifs is 1. The van der Waals surface area contributed by atoms with Crippen LogP contribution in [0, 0.1) is 0 Å². The maximum Gasteiger partial charge on any atom is 0.262 e. The Morgan fingerprint density at radius 3 is 2.77 bits per heavy atom. The quantitative estimate of drug-likeness (QED) is 0.381. The molecule has 4 heterocycles. The highest BCUT2D eigenvalue weighted by atomic mass is 35.5. The number of thiophene rings is 1. The van der Waals surface area contributed by atoms with Crippen molar-refractivity contribution in [3.05, 3.63) is 87.6 Å². The SMILES string of the molecule is O=C(Nc1nn(Cc2ccccc2Cl)cc1Cl)c1cnn2c(-c3cccs3)ccnc12. The second kappa shape index (κ2) is 8.14. The molecule has 1 amide bonds. The van der Waals surface area contributed by atoms with Crippen molar-refractivity contribution in [2.24, 2.45) is 0 Å². The van der Waals surface area contributed by atoms with E-state index >= 15 is 0 Å². The van der Waals surface area contributed by atoms with Gasteiger partial charge in [0.25, 0.3) is 5.91 Å². The van der Waals surface area contributed by atoms with Gasteiger partial charge in [-0.05, 0) is 29.1 Å². The number of benzene rings is 1. The molecule has 0 unspecified atom stereocenters. The van der Waals surface area contributed by atoms with Crippen LogP contribution in [0.1, 0.15) is 15.9 Å². The Hall–Kier alpha value is -3.20. The fourth-order valence-corrected chi connectivity index (χ4v) is 4.33. The van der Waals surface area contributed by atoms with Gasteiger partial charge in [-0.2, -0.15) is 10.2 Å². The molecule has 5 rings (SSSR count). The molecule has 0 saturated carbocycles. The van der Waals surface area contributed by atoms with Gasteiger partial charge in [0.1, 0.15) is 10.6 Å². The van der Waals surface area contributed by atoms with Gasteiger partial charge in [0.05, 0.1) is 23.3 Å². The van der Waals surface area contributed by atoms with E-state index in [1.165, 1.54) is 6.20 Å². The molecule has 0 aliphatic carbocycles. The van der Waals surface area contributed by atoms with Crippen LogP contribution < -0.4 is 5.32 Å². The van der Waals surface area contributed by atoms with Crippen molar-refractivity contribution >= 4 is 51.9 Å². The molecule has 0 bridgehead atoms. The van der Waals surface area contributed by atoms with E-state index in [0.29, 0.717) is 27.8 Å². The summed E-state index contributed by atoms with van der Waals surface area (Å²) >= 11 is 14.1. The highest BCUT2D eigenvalue weighted by Crippen LogP contribution is 2.26. The summed E-state index contributed by atoms with van der Waals surface area (Å²) < 4.78 is 3.28. The van der Waals surface area contributed by atoms with Crippen molar-refractivity contribution in [3.63, 3.8) is 0 Å². The number of rotatable bonds is 5. The van der Waals surface area contributed by atoms with Gasteiger partial charge in [0, 0.05) is 17.4 Å². The van der Waals surface area contributed by atoms with Crippen LogP contribution in [-0.2, 0) is 6.54 Å². The summed E-state index contributed by atoms with van der Waals surface area (Å²) in [6.45, 7) is 0.428. The number of carbonyl (C=O) groups is 1. The third-order valence-electron chi connectivity index (χ3n) is 4.66. The summed E-state index contributed by atoms with van der Waals surface area (Å²) in [5, 5.41) is 14.4. The van der Waals surface area contributed by atoms with Gasteiger partial charge in [-0.15, -0.1) is 11.3 Å². The summed E-state index contributed by atoms with van der Waals surface area (Å²) in [7, 11) is 0. The molecule has 10 heteroatoms. The molecule has 5 aromatic rings. The first-order chi connectivity index (χ1) is 15.1. The fraction of sp³-hybridized carbons (Fsp3) is 0.0476. The van der Waals surface area contributed by atoms with E-state index < -0.39 is 5.91 Å². The van der Waals surface area contributed by atoms with E-state index in [9.17, 15) is 4.79 Å². The number of amides is 1. The molecule has 1 aromatic carbocycles. The van der Waals surface area contributed by atoms with Crippen molar-refractivity contribution in [1.29, 1.82) is 0 Å². The highest BCUT2D eigenvalue weighted by Gasteiger charge is 2.19. The number of aromatic nitrogens is 5. The van der Waals surface area contributed by atoms with Crippen LogP contribution in [0.4, 0.5) is 5.82 Å².